The van der Waals surface area contributed by atoms with Crippen LogP contribution in [0.25, 0.3) is 0 Å². The summed E-state index contributed by atoms with van der Waals surface area (Å²) in [5.74, 6) is 0.922. The van der Waals surface area contributed by atoms with E-state index in [1.54, 1.807) is 44.5 Å². The Bertz CT molecular complexity index is 789. The minimum absolute atomic E-state index is 0.171. The van der Waals surface area contributed by atoms with Crippen molar-refractivity contribution in [3.05, 3.63) is 42.1 Å². The SMILES string of the molecule is CCC(C)Nc1ccc(NS(=O)(=O)c2ccc(OC)c(C)c2)nc1. The molecule has 130 valence electrons. The molecule has 2 N–H and O–H groups in total. The maximum atomic E-state index is 12.5. The summed E-state index contributed by atoms with van der Waals surface area (Å²) >= 11 is 0. The fourth-order valence-corrected chi connectivity index (χ4v) is 3.23. The molecule has 0 saturated carbocycles. The third-order valence-corrected chi connectivity index (χ3v) is 5.06. The van der Waals surface area contributed by atoms with Crippen LogP contribution in [0.3, 0.4) is 0 Å². The molecule has 1 heterocycles. The van der Waals surface area contributed by atoms with E-state index < -0.39 is 10.0 Å². The van der Waals surface area contributed by atoms with E-state index in [4.69, 9.17) is 4.74 Å². The van der Waals surface area contributed by atoms with Crippen LogP contribution in [0.5, 0.6) is 5.75 Å². The Morgan fingerprint density at radius 1 is 1.25 bits per heavy atom. The van der Waals surface area contributed by atoms with Crippen LogP contribution < -0.4 is 14.8 Å². The molecule has 0 aliphatic carbocycles. The molecule has 1 atom stereocenters. The first-order chi connectivity index (χ1) is 11.4. The van der Waals surface area contributed by atoms with E-state index in [-0.39, 0.29) is 10.7 Å². The van der Waals surface area contributed by atoms with Gasteiger partial charge in [-0.25, -0.2) is 13.4 Å². The van der Waals surface area contributed by atoms with Crippen LogP contribution in [0.15, 0.2) is 41.4 Å². The Kier molecular flexibility index (Phi) is 5.66. The highest BCUT2D eigenvalue weighted by Gasteiger charge is 2.16. The standard InChI is InChI=1S/C17H23N3O3S/c1-5-13(3)19-14-6-9-17(18-11-14)20-24(21,22)15-7-8-16(23-4)12(2)10-15/h6-11,13,19H,5H2,1-4H3,(H,18,20). The molecule has 0 radical (unpaired) electrons. The van der Waals surface area contributed by atoms with Crippen molar-refractivity contribution in [3.63, 3.8) is 0 Å². The molecule has 7 heteroatoms. The fraction of sp³-hybridized carbons (Fsp3) is 0.353. The summed E-state index contributed by atoms with van der Waals surface area (Å²) in [6.45, 7) is 5.96. The van der Waals surface area contributed by atoms with Crippen molar-refractivity contribution in [1.29, 1.82) is 0 Å². The number of anilines is 2. The minimum Gasteiger partial charge on any atom is -0.496 e. The van der Waals surface area contributed by atoms with Crippen LogP contribution >= 0.6 is 0 Å². The van der Waals surface area contributed by atoms with Crippen molar-refractivity contribution in [2.45, 2.75) is 38.1 Å². The van der Waals surface area contributed by atoms with Gasteiger partial charge in [0, 0.05) is 6.04 Å². The van der Waals surface area contributed by atoms with Crippen molar-refractivity contribution < 1.29 is 13.2 Å². The average molecular weight is 349 g/mol. The van der Waals surface area contributed by atoms with Crippen LogP contribution in [-0.4, -0.2) is 26.6 Å². The molecular formula is C17H23N3O3S. The van der Waals surface area contributed by atoms with Crippen LogP contribution in [0, 0.1) is 6.92 Å². The number of aryl methyl sites for hydroxylation is 1. The number of hydrogen-bond acceptors (Lipinski definition) is 5. The highest BCUT2D eigenvalue weighted by Crippen LogP contribution is 2.23. The monoisotopic (exact) mass is 349 g/mol. The number of ether oxygens (including phenoxy) is 1. The molecule has 0 fully saturated rings. The van der Waals surface area contributed by atoms with Gasteiger partial charge in [-0.2, -0.15) is 0 Å². The van der Waals surface area contributed by atoms with Gasteiger partial charge in [-0.05, 0) is 56.2 Å². The lowest BCUT2D eigenvalue weighted by atomic mass is 10.2. The van der Waals surface area contributed by atoms with Gasteiger partial charge < -0.3 is 10.1 Å². The van der Waals surface area contributed by atoms with Gasteiger partial charge in [0.05, 0.1) is 23.9 Å². The first kappa shape index (κ1) is 18.1. The lowest BCUT2D eigenvalue weighted by Gasteiger charge is -2.13. The van der Waals surface area contributed by atoms with Gasteiger partial charge in [-0.15, -0.1) is 0 Å². The zero-order valence-corrected chi connectivity index (χ0v) is 15.1. The first-order valence-corrected chi connectivity index (χ1v) is 9.24. The van der Waals surface area contributed by atoms with Gasteiger partial charge >= 0.3 is 0 Å². The molecule has 2 rings (SSSR count). The summed E-state index contributed by atoms with van der Waals surface area (Å²) in [5.41, 5.74) is 1.61. The van der Waals surface area contributed by atoms with E-state index in [0.717, 1.165) is 17.7 Å². The van der Waals surface area contributed by atoms with Gasteiger partial charge in [0.2, 0.25) is 0 Å². The van der Waals surface area contributed by atoms with Gasteiger partial charge in [0.1, 0.15) is 11.6 Å². The van der Waals surface area contributed by atoms with Crippen LogP contribution in [0.2, 0.25) is 0 Å². The largest absolute Gasteiger partial charge is 0.496 e. The molecule has 2 aromatic rings. The van der Waals surface area contributed by atoms with Crippen LogP contribution in [0.1, 0.15) is 25.8 Å². The summed E-state index contributed by atoms with van der Waals surface area (Å²) in [6.07, 6.45) is 2.61. The number of pyridine rings is 1. The molecule has 0 aliphatic rings. The van der Waals surface area contributed by atoms with Gasteiger partial charge in [-0.1, -0.05) is 6.92 Å². The number of benzene rings is 1. The van der Waals surface area contributed by atoms with E-state index in [0.29, 0.717) is 11.8 Å². The number of nitrogens with one attached hydrogen (secondary N) is 2. The molecular weight excluding hydrogens is 326 g/mol. The summed E-state index contributed by atoms with van der Waals surface area (Å²) in [7, 11) is -2.14. The smallest absolute Gasteiger partial charge is 0.263 e. The number of hydrogen-bond donors (Lipinski definition) is 2. The third-order valence-electron chi connectivity index (χ3n) is 3.70. The topological polar surface area (TPSA) is 80.3 Å². The summed E-state index contributed by atoms with van der Waals surface area (Å²) in [4.78, 5) is 4.33. The van der Waals surface area contributed by atoms with E-state index in [9.17, 15) is 8.42 Å². The summed E-state index contributed by atoms with van der Waals surface area (Å²) in [5, 5.41) is 3.28. The highest BCUT2D eigenvalue weighted by atomic mass is 32.2. The molecule has 1 unspecified atom stereocenters. The predicted octanol–water partition coefficient (Wildman–Crippen LogP) is 3.41. The van der Waals surface area contributed by atoms with E-state index >= 15 is 0 Å². The van der Waals surface area contributed by atoms with Crippen molar-refractivity contribution in [3.8, 4) is 5.75 Å². The number of nitrogens with zero attached hydrogens (tertiary/aromatic N) is 1. The van der Waals surface area contributed by atoms with Crippen LogP contribution in [-0.2, 0) is 10.0 Å². The molecule has 0 amide bonds. The average Bonchev–Trinajstić information content (AvgIpc) is 2.56. The van der Waals surface area contributed by atoms with Crippen molar-refractivity contribution >= 4 is 21.5 Å². The van der Waals surface area contributed by atoms with Crippen molar-refractivity contribution in [2.75, 3.05) is 17.1 Å². The number of rotatable bonds is 7. The zero-order valence-electron chi connectivity index (χ0n) is 14.3. The summed E-state index contributed by atoms with van der Waals surface area (Å²) in [6, 6.07) is 8.48. The normalized spacial score (nSPS) is 12.5. The Morgan fingerprint density at radius 2 is 2.00 bits per heavy atom. The number of aromatic nitrogens is 1. The second-order valence-corrected chi connectivity index (χ2v) is 7.31. The summed E-state index contributed by atoms with van der Waals surface area (Å²) < 4.78 is 32.5. The van der Waals surface area contributed by atoms with Gasteiger partial charge in [0.15, 0.2) is 0 Å². The molecule has 0 saturated heterocycles. The Morgan fingerprint density at radius 3 is 2.54 bits per heavy atom. The van der Waals surface area contributed by atoms with E-state index in [1.165, 1.54) is 6.07 Å². The second kappa shape index (κ2) is 7.53. The minimum atomic E-state index is -3.69. The maximum Gasteiger partial charge on any atom is 0.263 e. The quantitative estimate of drug-likeness (QED) is 0.801. The molecule has 0 spiro atoms. The van der Waals surface area contributed by atoms with Gasteiger partial charge in [-0.3, -0.25) is 4.72 Å². The predicted molar refractivity (Wildman–Crippen MR) is 96.2 cm³/mol. The van der Waals surface area contributed by atoms with Crippen molar-refractivity contribution in [2.24, 2.45) is 0 Å². The van der Waals surface area contributed by atoms with Crippen molar-refractivity contribution in [1.82, 2.24) is 4.98 Å². The lowest BCUT2D eigenvalue weighted by Crippen LogP contribution is -2.15. The Balaban J connectivity index is 2.15. The molecule has 0 aliphatic heterocycles. The lowest BCUT2D eigenvalue weighted by molar-refractivity contribution is 0.411. The zero-order chi connectivity index (χ0) is 17.7. The Hall–Kier alpha value is -2.28. The second-order valence-electron chi connectivity index (χ2n) is 5.62. The molecule has 0 bridgehead atoms. The first-order valence-electron chi connectivity index (χ1n) is 7.75. The molecule has 1 aromatic carbocycles. The fourth-order valence-electron chi connectivity index (χ4n) is 2.14. The van der Waals surface area contributed by atoms with E-state index in [2.05, 4.69) is 28.9 Å². The van der Waals surface area contributed by atoms with E-state index in [1.807, 2.05) is 0 Å². The number of sulfonamides is 1. The molecule has 24 heavy (non-hydrogen) atoms. The molecule has 1 aromatic heterocycles. The Labute approximate surface area is 143 Å². The maximum absolute atomic E-state index is 12.5. The highest BCUT2D eigenvalue weighted by molar-refractivity contribution is 7.92. The molecule has 6 nitrogen and oxygen atoms in total. The number of methoxy groups -OCH3 is 1. The van der Waals surface area contributed by atoms with Gasteiger partial charge in [0.25, 0.3) is 10.0 Å². The van der Waals surface area contributed by atoms with Crippen LogP contribution in [0.4, 0.5) is 11.5 Å². The third kappa shape index (κ3) is 4.38.